The van der Waals surface area contributed by atoms with Crippen LogP contribution >= 0.6 is 15.9 Å². The lowest BCUT2D eigenvalue weighted by atomic mass is 9.93. The Morgan fingerprint density at radius 1 is 1.40 bits per heavy atom. The molecule has 2 rings (SSSR count). The van der Waals surface area contributed by atoms with E-state index >= 15 is 0 Å². The quantitative estimate of drug-likeness (QED) is 0.868. The Labute approximate surface area is 126 Å². The summed E-state index contributed by atoms with van der Waals surface area (Å²) >= 11 is 3.35. The first kappa shape index (κ1) is 14.8. The van der Waals surface area contributed by atoms with E-state index in [0.29, 0.717) is 24.6 Å². The van der Waals surface area contributed by atoms with E-state index in [2.05, 4.69) is 21.2 Å². The number of nitrogens with one attached hydrogen (secondary N) is 1. The Kier molecular flexibility index (Phi) is 4.65. The van der Waals surface area contributed by atoms with Gasteiger partial charge >= 0.3 is 12.0 Å². The number of benzene rings is 1. The molecule has 0 aliphatic carbocycles. The summed E-state index contributed by atoms with van der Waals surface area (Å²) in [6.45, 7) is 2.48. The van der Waals surface area contributed by atoms with Crippen LogP contribution in [0.25, 0.3) is 0 Å². The van der Waals surface area contributed by atoms with Crippen LogP contribution in [-0.4, -0.2) is 34.6 Å². The van der Waals surface area contributed by atoms with Gasteiger partial charge in [0.1, 0.15) is 6.04 Å². The fraction of sp³-hybridized carbons (Fsp3) is 0.429. The molecular formula is C14H17BrN2O3. The fourth-order valence-corrected chi connectivity index (χ4v) is 2.75. The first-order valence-electron chi connectivity index (χ1n) is 6.54. The first-order valence-corrected chi connectivity index (χ1v) is 7.33. The van der Waals surface area contributed by atoms with Crippen molar-refractivity contribution in [1.82, 2.24) is 4.90 Å². The second-order valence-corrected chi connectivity index (χ2v) is 5.94. The highest BCUT2D eigenvalue weighted by Crippen LogP contribution is 2.25. The lowest BCUT2D eigenvalue weighted by molar-refractivity contribution is -0.143. The van der Waals surface area contributed by atoms with Crippen molar-refractivity contribution in [2.75, 3.05) is 11.9 Å². The van der Waals surface area contributed by atoms with Crippen molar-refractivity contribution in [3.63, 3.8) is 0 Å². The van der Waals surface area contributed by atoms with Gasteiger partial charge in [0.05, 0.1) is 5.69 Å². The van der Waals surface area contributed by atoms with Crippen molar-refractivity contribution in [2.24, 2.45) is 5.92 Å². The van der Waals surface area contributed by atoms with Gasteiger partial charge in [0.2, 0.25) is 0 Å². The van der Waals surface area contributed by atoms with Crippen molar-refractivity contribution in [3.05, 3.63) is 28.7 Å². The molecule has 2 atom stereocenters. The second-order valence-electron chi connectivity index (χ2n) is 5.09. The van der Waals surface area contributed by atoms with Gasteiger partial charge in [-0.2, -0.15) is 0 Å². The van der Waals surface area contributed by atoms with Gasteiger partial charge in [-0.15, -0.1) is 0 Å². The van der Waals surface area contributed by atoms with Crippen LogP contribution in [-0.2, 0) is 4.79 Å². The van der Waals surface area contributed by atoms with E-state index in [1.54, 1.807) is 6.07 Å². The van der Waals surface area contributed by atoms with E-state index in [0.717, 1.165) is 10.9 Å². The number of carbonyl (C=O) groups excluding carboxylic acids is 1. The Bertz CT molecular complexity index is 521. The SMILES string of the molecule is CC1CCN(C(=O)Nc2ccccc2Br)C(C(=O)O)C1. The molecule has 0 radical (unpaired) electrons. The summed E-state index contributed by atoms with van der Waals surface area (Å²) in [4.78, 5) is 25.0. The molecule has 20 heavy (non-hydrogen) atoms. The van der Waals surface area contributed by atoms with Gasteiger partial charge in [-0.1, -0.05) is 19.1 Å². The Balaban J connectivity index is 2.11. The molecule has 1 aromatic carbocycles. The summed E-state index contributed by atoms with van der Waals surface area (Å²) < 4.78 is 0.769. The number of anilines is 1. The van der Waals surface area contributed by atoms with Crippen LogP contribution in [0.15, 0.2) is 28.7 Å². The smallest absolute Gasteiger partial charge is 0.326 e. The molecule has 1 aromatic rings. The van der Waals surface area contributed by atoms with Crippen molar-refractivity contribution >= 4 is 33.6 Å². The molecule has 1 fully saturated rings. The summed E-state index contributed by atoms with van der Waals surface area (Å²) in [5.74, 6) is -0.623. The highest BCUT2D eigenvalue weighted by atomic mass is 79.9. The number of hydrogen-bond acceptors (Lipinski definition) is 2. The maximum atomic E-state index is 12.3. The molecule has 5 nitrogen and oxygen atoms in total. The predicted molar refractivity (Wildman–Crippen MR) is 79.7 cm³/mol. The number of amides is 2. The number of carbonyl (C=O) groups is 2. The zero-order chi connectivity index (χ0) is 14.7. The van der Waals surface area contributed by atoms with E-state index in [1.807, 2.05) is 25.1 Å². The van der Waals surface area contributed by atoms with E-state index in [9.17, 15) is 14.7 Å². The molecule has 1 saturated heterocycles. The van der Waals surface area contributed by atoms with Gasteiger partial charge in [-0.25, -0.2) is 9.59 Å². The second kappa shape index (κ2) is 6.26. The van der Waals surface area contributed by atoms with Crippen molar-refractivity contribution < 1.29 is 14.7 Å². The van der Waals surface area contributed by atoms with Crippen LogP contribution < -0.4 is 5.32 Å². The molecule has 1 heterocycles. The zero-order valence-corrected chi connectivity index (χ0v) is 12.8. The average Bonchev–Trinajstić information content (AvgIpc) is 2.41. The van der Waals surface area contributed by atoms with Crippen LogP contribution in [0.2, 0.25) is 0 Å². The van der Waals surface area contributed by atoms with Crippen LogP contribution in [0.3, 0.4) is 0 Å². The summed E-state index contributed by atoms with van der Waals surface area (Å²) in [6, 6.07) is 6.14. The minimum Gasteiger partial charge on any atom is -0.480 e. The minimum absolute atomic E-state index is 0.323. The Hall–Kier alpha value is -1.56. The third-order valence-corrected chi connectivity index (χ3v) is 4.22. The van der Waals surface area contributed by atoms with Crippen LogP contribution in [0.4, 0.5) is 10.5 Å². The van der Waals surface area contributed by atoms with Crippen LogP contribution in [0.5, 0.6) is 0 Å². The van der Waals surface area contributed by atoms with E-state index in [1.165, 1.54) is 4.90 Å². The molecule has 0 spiro atoms. The van der Waals surface area contributed by atoms with Gasteiger partial charge in [-0.3, -0.25) is 0 Å². The third-order valence-electron chi connectivity index (χ3n) is 3.53. The summed E-state index contributed by atoms with van der Waals surface area (Å²) in [5.41, 5.74) is 0.639. The van der Waals surface area contributed by atoms with E-state index in [4.69, 9.17) is 0 Å². The lowest BCUT2D eigenvalue weighted by Gasteiger charge is -2.35. The summed E-state index contributed by atoms with van der Waals surface area (Å²) in [6.07, 6.45) is 1.33. The molecule has 2 unspecified atom stereocenters. The largest absolute Gasteiger partial charge is 0.480 e. The van der Waals surface area contributed by atoms with Crippen molar-refractivity contribution in [1.29, 1.82) is 0 Å². The number of halogens is 1. The topological polar surface area (TPSA) is 69.6 Å². The molecule has 1 aliphatic heterocycles. The molecule has 0 aromatic heterocycles. The molecule has 108 valence electrons. The molecule has 0 saturated carbocycles. The monoisotopic (exact) mass is 340 g/mol. The molecule has 1 aliphatic rings. The number of hydrogen-bond donors (Lipinski definition) is 2. The van der Waals surface area contributed by atoms with Gasteiger partial charge < -0.3 is 15.3 Å². The van der Waals surface area contributed by atoms with Crippen molar-refractivity contribution in [3.8, 4) is 0 Å². The Morgan fingerprint density at radius 2 is 2.10 bits per heavy atom. The number of carboxylic acid groups (broad SMARTS) is 1. The van der Waals surface area contributed by atoms with E-state index < -0.39 is 12.0 Å². The molecule has 2 amide bonds. The fourth-order valence-electron chi connectivity index (χ4n) is 2.37. The number of para-hydroxylation sites is 1. The lowest BCUT2D eigenvalue weighted by Crippen LogP contribution is -2.51. The Morgan fingerprint density at radius 3 is 2.75 bits per heavy atom. The number of nitrogens with zero attached hydrogens (tertiary/aromatic N) is 1. The molecule has 6 heteroatoms. The highest BCUT2D eigenvalue weighted by Gasteiger charge is 2.34. The number of urea groups is 1. The molecule has 0 bridgehead atoms. The third kappa shape index (κ3) is 3.30. The average molecular weight is 341 g/mol. The first-order chi connectivity index (χ1) is 9.49. The number of piperidine rings is 1. The van der Waals surface area contributed by atoms with E-state index in [-0.39, 0.29) is 6.03 Å². The summed E-state index contributed by atoms with van der Waals surface area (Å²) in [5, 5.41) is 12.0. The van der Waals surface area contributed by atoms with Gasteiger partial charge in [0, 0.05) is 11.0 Å². The predicted octanol–water partition coefficient (Wildman–Crippen LogP) is 3.17. The normalized spacial score (nSPS) is 22.4. The number of carboxylic acids is 1. The summed E-state index contributed by atoms with van der Waals surface area (Å²) in [7, 11) is 0. The maximum Gasteiger partial charge on any atom is 0.326 e. The number of rotatable bonds is 2. The van der Waals surface area contributed by atoms with Gasteiger partial charge in [0.25, 0.3) is 0 Å². The van der Waals surface area contributed by atoms with Crippen LogP contribution in [0, 0.1) is 5.92 Å². The highest BCUT2D eigenvalue weighted by molar-refractivity contribution is 9.10. The minimum atomic E-state index is -0.946. The van der Waals surface area contributed by atoms with Gasteiger partial charge in [-0.05, 0) is 46.8 Å². The molecular weight excluding hydrogens is 324 g/mol. The molecule has 2 N–H and O–H groups in total. The van der Waals surface area contributed by atoms with Crippen molar-refractivity contribution in [2.45, 2.75) is 25.8 Å². The maximum absolute atomic E-state index is 12.3. The number of aliphatic carboxylic acids is 1. The zero-order valence-electron chi connectivity index (χ0n) is 11.2. The standard InChI is InChI=1S/C14H17BrN2O3/c1-9-6-7-17(12(8-9)13(18)19)14(20)16-11-5-3-2-4-10(11)15/h2-5,9,12H,6-8H2,1H3,(H,16,20)(H,18,19). The number of likely N-dealkylation sites (tertiary alicyclic amines) is 1. The van der Waals surface area contributed by atoms with Gasteiger partial charge in [0.15, 0.2) is 0 Å². The van der Waals surface area contributed by atoms with Crippen LogP contribution in [0.1, 0.15) is 19.8 Å².